The largest absolute Gasteiger partial charge is 0.399 e. The molecule has 0 saturated carbocycles. The van der Waals surface area contributed by atoms with Crippen molar-refractivity contribution < 1.29 is 15.3 Å². The van der Waals surface area contributed by atoms with Crippen LogP contribution in [-0.4, -0.2) is 60.3 Å². The van der Waals surface area contributed by atoms with Crippen LogP contribution in [0.1, 0.15) is 12.8 Å². The Hall–Kier alpha value is -2.06. The lowest BCUT2D eigenvalue weighted by molar-refractivity contribution is 0.255. The van der Waals surface area contributed by atoms with Gasteiger partial charge in [-0.1, -0.05) is 6.08 Å². The van der Waals surface area contributed by atoms with E-state index >= 15 is 0 Å². The number of aliphatic hydroxyl groups excluding tert-OH is 3. The molecule has 26 heavy (non-hydrogen) atoms. The maximum Gasteiger partial charge on any atom is 0.0606 e. The molecule has 0 bridgehead atoms. The van der Waals surface area contributed by atoms with Crippen LogP contribution >= 0.6 is 0 Å². The van der Waals surface area contributed by atoms with Crippen molar-refractivity contribution >= 4 is 11.4 Å². The first-order valence-corrected chi connectivity index (χ1v) is 8.88. The van der Waals surface area contributed by atoms with Crippen LogP contribution in [-0.2, 0) is 0 Å². The Bertz CT molecular complexity index is 624. The van der Waals surface area contributed by atoms with Crippen LogP contribution < -0.4 is 21.7 Å². The first kappa shape index (κ1) is 20.3. The molecule has 8 N–H and O–H groups in total. The van der Waals surface area contributed by atoms with Crippen molar-refractivity contribution in [1.29, 1.82) is 0 Å². The molecular formula is C19H30N4O3. The van der Waals surface area contributed by atoms with Gasteiger partial charge in [-0.15, -0.1) is 0 Å². The maximum absolute atomic E-state index is 9.18. The van der Waals surface area contributed by atoms with E-state index in [1.807, 2.05) is 41.3 Å². The standard InChI is InChI=1S/C19H30N4O3/c20-18-5-6-19(21,7-10-24)13-15(18)14-22-16-1-3-17(4-2-16)23(8-11-25)9-12-26/h1-6,22,24-26H,7-14,20-21H2. The van der Waals surface area contributed by atoms with Gasteiger partial charge in [-0.2, -0.15) is 0 Å². The minimum atomic E-state index is -0.548. The molecule has 7 nitrogen and oxygen atoms in total. The fraction of sp³-hybridized carbons (Fsp3) is 0.474. The summed E-state index contributed by atoms with van der Waals surface area (Å²) in [5.41, 5.74) is 15.4. The van der Waals surface area contributed by atoms with E-state index in [2.05, 4.69) is 5.32 Å². The lowest BCUT2D eigenvalue weighted by Crippen LogP contribution is -2.41. The number of nitrogens with zero attached hydrogens (tertiary/aromatic N) is 1. The predicted octanol–water partition coefficient (Wildman–Crippen LogP) is 0.142. The number of hydrogen-bond acceptors (Lipinski definition) is 7. The number of rotatable bonds is 10. The quantitative estimate of drug-likeness (QED) is 0.349. The zero-order valence-corrected chi connectivity index (χ0v) is 15.1. The van der Waals surface area contributed by atoms with Gasteiger partial charge in [0.1, 0.15) is 0 Å². The van der Waals surface area contributed by atoms with Crippen molar-refractivity contribution in [2.45, 2.75) is 18.4 Å². The number of allylic oxidation sites excluding steroid dienone is 1. The number of anilines is 2. The molecule has 0 heterocycles. The van der Waals surface area contributed by atoms with E-state index in [0.29, 0.717) is 38.2 Å². The lowest BCUT2D eigenvalue weighted by atomic mass is 9.83. The van der Waals surface area contributed by atoms with E-state index < -0.39 is 5.54 Å². The second-order valence-electron chi connectivity index (χ2n) is 6.61. The fourth-order valence-electron chi connectivity index (χ4n) is 3.09. The summed E-state index contributed by atoms with van der Waals surface area (Å²) in [7, 11) is 0. The third kappa shape index (κ3) is 5.47. The Morgan fingerprint density at radius 3 is 2.27 bits per heavy atom. The molecule has 7 heteroatoms. The Morgan fingerprint density at radius 1 is 1.04 bits per heavy atom. The van der Waals surface area contributed by atoms with Crippen LogP contribution in [0.3, 0.4) is 0 Å². The van der Waals surface area contributed by atoms with E-state index in [1.165, 1.54) is 0 Å². The smallest absolute Gasteiger partial charge is 0.0606 e. The number of nitrogens with two attached hydrogens (primary N) is 2. The van der Waals surface area contributed by atoms with Gasteiger partial charge in [0, 0.05) is 48.9 Å². The fourth-order valence-corrected chi connectivity index (χ4v) is 3.09. The first-order valence-electron chi connectivity index (χ1n) is 8.88. The van der Waals surface area contributed by atoms with Crippen molar-refractivity contribution in [2.75, 3.05) is 49.7 Å². The van der Waals surface area contributed by atoms with Crippen LogP contribution in [0.4, 0.5) is 11.4 Å². The number of nitrogens with one attached hydrogen (secondary N) is 1. The average Bonchev–Trinajstić information content (AvgIpc) is 2.63. The summed E-state index contributed by atoms with van der Waals surface area (Å²) in [6, 6.07) is 7.81. The minimum Gasteiger partial charge on any atom is -0.399 e. The van der Waals surface area contributed by atoms with Gasteiger partial charge in [-0.25, -0.2) is 0 Å². The SMILES string of the molecule is NC1=C(CNc2ccc(N(CCO)CCO)cc2)CC(N)(CCO)C=C1. The van der Waals surface area contributed by atoms with Gasteiger partial charge in [0.25, 0.3) is 0 Å². The molecule has 1 aliphatic rings. The summed E-state index contributed by atoms with van der Waals surface area (Å²) in [5.74, 6) is 0. The number of aliphatic hydroxyl groups is 3. The molecule has 0 aliphatic heterocycles. The van der Waals surface area contributed by atoms with Gasteiger partial charge in [-0.05, 0) is 48.8 Å². The molecule has 1 aromatic carbocycles. The Balaban J connectivity index is 1.98. The van der Waals surface area contributed by atoms with Crippen LogP contribution in [0.5, 0.6) is 0 Å². The van der Waals surface area contributed by atoms with Crippen molar-refractivity contribution in [3.63, 3.8) is 0 Å². The zero-order chi connectivity index (χ0) is 19.0. The maximum atomic E-state index is 9.18. The van der Waals surface area contributed by atoms with E-state index in [1.54, 1.807) is 0 Å². The van der Waals surface area contributed by atoms with E-state index in [4.69, 9.17) is 21.7 Å². The highest BCUT2D eigenvalue weighted by Crippen LogP contribution is 2.26. The van der Waals surface area contributed by atoms with E-state index in [0.717, 1.165) is 16.9 Å². The van der Waals surface area contributed by atoms with Gasteiger partial charge in [0.2, 0.25) is 0 Å². The summed E-state index contributed by atoms with van der Waals surface area (Å²) in [5, 5.41) is 30.8. The second-order valence-corrected chi connectivity index (χ2v) is 6.61. The molecule has 1 unspecified atom stereocenters. The highest BCUT2D eigenvalue weighted by atomic mass is 16.3. The zero-order valence-electron chi connectivity index (χ0n) is 15.1. The third-order valence-electron chi connectivity index (χ3n) is 4.60. The van der Waals surface area contributed by atoms with Crippen molar-refractivity contribution in [3.8, 4) is 0 Å². The molecule has 2 rings (SSSR count). The van der Waals surface area contributed by atoms with Crippen LogP contribution in [0.15, 0.2) is 47.7 Å². The monoisotopic (exact) mass is 362 g/mol. The van der Waals surface area contributed by atoms with Gasteiger partial charge < -0.3 is 37.0 Å². The average molecular weight is 362 g/mol. The van der Waals surface area contributed by atoms with Crippen LogP contribution in [0.25, 0.3) is 0 Å². The topological polar surface area (TPSA) is 128 Å². The summed E-state index contributed by atoms with van der Waals surface area (Å²) in [6.07, 6.45) is 4.80. The van der Waals surface area contributed by atoms with Gasteiger partial charge >= 0.3 is 0 Å². The normalized spacial score (nSPS) is 19.7. The van der Waals surface area contributed by atoms with Crippen LogP contribution in [0.2, 0.25) is 0 Å². The highest BCUT2D eigenvalue weighted by molar-refractivity contribution is 5.56. The summed E-state index contributed by atoms with van der Waals surface area (Å²) >= 11 is 0. The van der Waals surface area contributed by atoms with Crippen molar-refractivity contribution in [2.24, 2.45) is 11.5 Å². The molecule has 0 fully saturated rings. The second kappa shape index (κ2) is 9.59. The minimum absolute atomic E-state index is 0.0373. The molecular weight excluding hydrogens is 332 g/mol. The number of benzene rings is 1. The Labute approximate surface area is 154 Å². The highest BCUT2D eigenvalue weighted by Gasteiger charge is 2.26. The van der Waals surface area contributed by atoms with Crippen molar-refractivity contribution in [1.82, 2.24) is 0 Å². The molecule has 1 atom stereocenters. The van der Waals surface area contributed by atoms with Gasteiger partial charge in [0.15, 0.2) is 0 Å². The van der Waals surface area contributed by atoms with Gasteiger partial charge in [0.05, 0.1) is 13.2 Å². The Morgan fingerprint density at radius 2 is 1.69 bits per heavy atom. The van der Waals surface area contributed by atoms with Crippen molar-refractivity contribution in [3.05, 3.63) is 47.7 Å². The summed E-state index contributed by atoms with van der Waals surface area (Å²) < 4.78 is 0. The molecule has 144 valence electrons. The van der Waals surface area contributed by atoms with Gasteiger partial charge in [-0.3, -0.25) is 0 Å². The Kier molecular flexibility index (Phi) is 7.47. The first-order chi connectivity index (χ1) is 12.5. The predicted molar refractivity (Wildman–Crippen MR) is 105 cm³/mol. The van der Waals surface area contributed by atoms with Crippen LogP contribution in [0, 0.1) is 0 Å². The molecule has 0 amide bonds. The summed E-state index contributed by atoms with van der Waals surface area (Å²) in [6.45, 7) is 1.66. The molecule has 0 spiro atoms. The van der Waals surface area contributed by atoms with E-state index in [9.17, 15) is 5.11 Å². The molecule has 0 aromatic heterocycles. The number of hydrogen-bond donors (Lipinski definition) is 6. The third-order valence-corrected chi connectivity index (χ3v) is 4.60. The summed E-state index contributed by atoms with van der Waals surface area (Å²) in [4.78, 5) is 1.92. The molecule has 1 aliphatic carbocycles. The molecule has 0 saturated heterocycles. The molecule has 1 aromatic rings. The lowest BCUT2D eigenvalue weighted by Gasteiger charge is -2.30. The molecule has 0 radical (unpaired) electrons. The van der Waals surface area contributed by atoms with E-state index in [-0.39, 0.29) is 19.8 Å².